The van der Waals surface area contributed by atoms with Crippen LogP contribution in [0.1, 0.15) is 26.2 Å². The van der Waals surface area contributed by atoms with Crippen molar-refractivity contribution in [2.24, 2.45) is 5.92 Å². The Morgan fingerprint density at radius 3 is 2.56 bits per heavy atom. The van der Waals surface area contributed by atoms with E-state index in [0.29, 0.717) is 12.3 Å². The zero-order valence-electron chi connectivity index (χ0n) is 5.97. The van der Waals surface area contributed by atoms with Gasteiger partial charge in [-0.15, -0.1) is 6.58 Å². The van der Waals surface area contributed by atoms with Gasteiger partial charge >= 0.3 is 0 Å². The molecule has 0 saturated carbocycles. The number of aldehydes is 1. The maximum Gasteiger partial charge on any atom is 0.120 e. The first-order valence-corrected chi connectivity index (χ1v) is 3.39. The van der Waals surface area contributed by atoms with Gasteiger partial charge in [0, 0.05) is 6.42 Å². The highest BCUT2D eigenvalue weighted by atomic mass is 16.1. The Hall–Kier alpha value is -0.590. The molecule has 0 spiro atoms. The third-order valence-electron chi connectivity index (χ3n) is 1.51. The normalized spacial score (nSPS) is 12.6. The van der Waals surface area contributed by atoms with Crippen LogP contribution in [0.15, 0.2) is 12.7 Å². The molecule has 0 fully saturated rings. The van der Waals surface area contributed by atoms with Gasteiger partial charge in [-0.2, -0.15) is 0 Å². The van der Waals surface area contributed by atoms with Crippen LogP contribution in [0.3, 0.4) is 0 Å². The molecule has 0 aromatic heterocycles. The number of rotatable bonds is 5. The predicted molar refractivity (Wildman–Crippen MR) is 39.3 cm³/mol. The molecular formula is C8H14O. The van der Waals surface area contributed by atoms with Crippen molar-refractivity contribution >= 4 is 6.29 Å². The van der Waals surface area contributed by atoms with Gasteiger partial charge in [0.15, 0.2) is 0 Å². The first-order valence-electron chi connectivity index (χ1n) is 3.39. The summed E-state index contributed by atoms with van der Waals surface area (Å²) in [5.74, 6) is 0.528. The Kier molecular flexibility index (Phi) is 5.18. The van der Waals surface area contributed by atoms with Gasteiger partial charge in [0.2, 0.25) is 0 Å². The maximum atomic E-state index is 10.0. The molecule has 0 saturated heterocycles. The number of hydrogen-bond acceptors (Lipinski definition) is 1. The lowest BCUT2D eigenvalue weighted by Crippen LogP contribution is -1.96. The average molecular weight is 126 g/mol. The lowest BCUT2D eigenvalue weighted by Gasteiger charge is -2.05. The molecule has 1 atom stereocenters. The topological polar surface area (TPSA) is 17.1 Å². The molecule has 0 aliphatic rings. The number of carbonyl (C=O) groups is 1. The van der Waals surface area contributed by atoms with E-state index < -0.39 is 0 Å². The van der Waals surface area contributed by atoms with Gasteiger partial charge in [0.1, 0.15) is 6.29 Å². The third kappa shape index (κ3) is 3.95. The summed E-state index contributed by atoms with van der Waals surface area (Å²) >= 11 is 0. The largest absolute Gasteiger partial charge is 0.303 e. The van der Waals surface area contributed by atoms with Gasteiger partial charge in [0.25, 0.3) is 0 Å². The van der Waals surface area contributed by atoms with Gasteiger partial charge in [-0.3, -0.25) is 0 Å². The number of hydrogen-bond donors (Lipinski definition) is 0. The van der Waals surface area contributed by atoms with Gasteiger partial charge in [0.05, 0.1) is 0 Å². The summed E-state index contributed by atoms with van der Waals surface area (Å²) in [6.07, 6.45) is 5.58. The quantitative estimate of drug-likeness (QED) is 0.407. The van der Waals surface area contributed by atoms with E-state index in [2.05, 4.69) is 13.5 Å². The lowest BCUT2D eigenvalue weighted by atomic mass is 10.00. The van der Waals surface area contributed by atoms with E-state index in [9.17, 15) is 4.79 Å². The van der Waals surface area contributed by atoms with Gasteiger partial charge in [-0.1, -0.05) is 19.4 Å². The first-order chi connectivity index (χ1) is 4.35. The Labute approximate surface area is 56.8 Å². The zero-order valence-corrected chi connectivity index (χ0v) is 5.97. The van der Waals surface area contributed by atoms with Crippen LogP contribution in [-0.2, 0) is 4.79 Å². The molecule has 0 heterocycles. The second kappa shape index (κ2) is 5.54. The Balaban J connectivity index is 3.39. The molecular weight excluding hydrogens is 112 g/mol. The van der Waals surface area contributed by atoms with E-state index in [1.807, 2.05) is 6.08 Å². The highest BCUT2D eigenvalue weighted by Gasteiger charge is 2.00. The Morgan fingerprint density at radius 1 is 1.56 bits per heavy atom. The zero-order chi connectivity index (χ0) is 7.11. The molecule has 0 aliphatic heterocycles. The summed E-state index contributed by atoms with van der Waals surface area (Å²) in [4.78, 5) is 10.0. The van der Waals surface area contributed by atoms with Crippen LogP contribution in [0.4, 0.5) is 0 Å². The predicted octanol–water partition coefficient (Wildman–Crippen LogP) is 2.18. The second-order valence-corrected chi connectivity index (χ2v) is 2.20. The minimum atomic E-state index is 0.528. The SMILES string of the molecule is C=CCC(CC)CC=O. The van der Waals surface area contributed by atoms with Gasteiger partial charge < -0.3 is 4.79 Å². The van der Waals surface area contributed by atoms with E-state index in [1.54, 1.807) is 0 Å². The fraction of sp³-hybridized carbons (Fsp3) is 0.625. The Morgan fingerprint density at radius 2 is 2.22 bits per heavy atom. The van der Waals surface area contributed by atoms with E-state index in [1.165, 1.54) is 0 Å². The van der Waals surface area contributed by atoms with Crippen LogP contribution in [0.2, 0.25) is 0 Å². The van der Waals surface area contributed by atoms with Gasteiger partial charge in [-0.05, 0) is 12.3 Å². The molecule has 0 aromatic carbocycles. The smallest absolute Gasteiger partial charge is 0.120 e. The van der Waals surface area contributed by atoms with Crippen molar-refractivity contribution in [2.75, 3.05) is 0 Å². The molecule has 1 unspecified atom stereocenters. The minimum absolute atomic E-state index is 0.528. The standard InChI is InChI=1S/C8H14O/c1-3-5-8(4-2)6-7-9/h3,7-8H,1,4-6H2,2H3. The average Bonchev–Trinajstić information content (AvgIpc) is 1.88. The second-order valence-electron chi connectivity index (χ2n) is 2.20. The van der Waals surface area contributed by atoms with E-state index >= 15 is 0 Å². The first kappa shape index (κ1) is 8.41. The van der Waals surface area contributed by atoms with Crippen molar-refractivity contribution in [1.82, 2.24) is 0 Å². The van der Waals surface area contributed by atoms with E-state index in [4.69, 9.17) is 0 Å². The Bertz CT molecular complexity index is 76.6. The van der Waals surface area contributed by atoms with Crippen molar-refractivity contribution in [3.05, 3.63) is 12.7 Å². The monoisotopic (exact) mass is 126 g/mol. The molecule has 1 heteroatoms. The minimum Gasteiger partial charge on any atom is -0.303 e. The third-order valence-corrected chi connectivity index (χ3v) is 1.51. The van der Waals surface area contributed by atoms with Crippen LogP contribution < -0.4 is 0 Å². The maximum absolute atomic E-state index is 10.0. The molecule has 0 aliphatic carbocycles. The number of carbonyl (C=O) groups excluding carboxylic acids is 1. The van der Waals surface area contributed by atoms with Crippen LogP contribution in [-0.4, -0.2) is 6.29 Å². The molecule has 0 aromatic rings. The van der Waals surface area contributed by atoms with Crippen molar-refractivity contribution in [2.45, 2.75) is 26.2 Å². The summed E-state index contributed by atoms with van der Waals surface area (Å²) in [6, 6.07) is 0. The van der Waals surface area contributed by atoms with Crippen molar-refractivity contribution in [1.29, 1.82) is 0 Å². The van der Waals surface area contributed by atoms with Crippen LogP contribution in [0, 0.1) is 5.92 Å². The molecule has 0 amide bonds. The van der Waals surface area contributed by atoms with Crippen molar-refractivity contribution < 1.29 is 4.79 Å². The summed E-state index contributed by atoms with van der Waals surface area (Å²) in [6.45, 7) is 5.71. The van der Waals surface area contributed by atoms with E-state index in [-0.39, 0.29) is 0 Å². The summed E-state index contributed by atoms with van der Waals surface area (Å²) < 4.78 is 0. The summed E-state index contributed by atoms with van der Waals surface area (Å²) in [7, 11) is 0. The fourth-order valence-corrected chi connectivity index (χ4v) is 0.801. The molecule has 0 rings (SSSR count). The van der Waals surface area contributed by atoms with Gasteiger partial charge in [-0.25, -0.2) is 0 Å². The fourth-order valence-electron chi connectivity index (χ4n) is 0.801. The van der Waals surface area contributed by atoms with Crippen LogP contribution in [0.25, 0.3) is 0 Å². The summed E-state index contributed by atoms with van der Waals surface area (Å²) in [5.41, 5.74) is 0. The highest BCUT2D eigenvalue weighted by Crippen LogP contribution is 2.10. The molecule has 1 nitrogen and oxygen atoms in total. The molecule has 0 radical (unpaired) electrons. The van der Waals surface area contributed by atoms with Crippen molar-refractivity contribution in [3.63, 3.8) is 0 Å². The number of allylic oxidation sites excluding steroid dienone is 1. The summed E-state index contributed by atoms with van der Waals surface area (Å²) in [5, 5.41) is 0. The lowest BCUT2D eigenvalue weighted by molar-refractivity contribution is -0.108. The van der Waals surface area contributed by atoms with Crippen molar-refractivity contribution in [3.8, 4) is 0 Å². The molecule has 9 heavy (non-hydrogen) atoms. The highest BCUT2D eigenvalue weighted by molar-refractivity contribution is 5.49. The molecule has 0 bridgehead atoms. The molecule has 0 N–H and O–H groups in total. The van der Waals surface area contributed by atoms with E-state index in [0.717, 1.165) is 19.1 Å². The molecule has 52 valence electrons. The van der Waals surface area contributed by atoms with Crippen LogP contribution in [0.5, 0.6) is 0 Å². The van der Waals surface area contributed by atoms with Crippen LogP contribution >= 0.6 is 0 Å².